The number of nitrogens with one attached hydrogen (secondary N) is 1. The van der Waals surface area contributed by atoms with Crippen molar-refractivity contribution < 1.29 is 13.9 Å². The van der Waals surface area contributed by atoms with E-state index in [2.05, 4.69) is 15.3 Å². The van der Waals surface area contributed by atoms with E-state index >= 15 is 0 Å². The van der Waals surface area contributed by atoms with Gasteiger partial charge in [-0.05, 0) is 36.8 Å². The Balaban J connectivity index is 0.00000225. The first-order valence-electron chi connectivity index (χ1n) is 7.30. The zero-order valence-electron chi connectivity index (χ0n) is 13.4. The molecule has 130 valence electrons. The van der Waals surface area contributed by atoms with Crippen LogP contribution in [0.4, 0.5) is 6.01 Å². The van der Waals surface area contributed by atoms with Crippen molar-refractivity contribution in [3.05, 3.63) is 65.7 Å². The van der Waals surface area contributed by atoms with E-state index in [1.807, 2.05) is 13.0 Å². The Kier molecular flexibility index (Phi) is 6.10. The number of halogens is 1. The Morgan fingerprint density at radius 3 is 2.88 bits per heavy atom. The highest BCUT2D eigenvalue weighted by Crippen LogP contribution is 2.22. The quantitative estimate of drug-likeness (QED) is 0.723. The molecule has 0 spiro atoms. The minimum atomic E-state index is -0.345. The number of amides is 1. The van der Waals surface area contributed by atoms with Crippen molar-refractivity contribution >= 4 is 24.3 Å². The number of oxazole rings is 1. The molecule has 1 amide bonds. The molecule has 0 radical (unpaired) electrons. The van der Waals surface area contributed by atoms with Crippen LogP contribution in [0.5, 0.6) is 11.6 Å². The number of carbonyl (C=O) groups excluding carboxylic acids is 1. The fourth-order valence-corrected chi connectivity index (χ4v) is 2.15. The van der Waals surface area contributed by atoms with Gasteiger partial charge in [0.05, 0.1) is 6.20 Å². The minimum Gasteiger partial charge on any atom is -0.439 e. The summed E-state index contributed by atoms with van der Waals surface area (Å²) in [6.45, 7) is 2.27. The lowest BCUT2D eigenvalue weighted by molar-refractivity contribution is 0.102. The first-order chi connectivity index (χ1) is 11.6. The second-order valence-electron chi connectivity index (χ2n) is 5.08. The fourth-order valence-electron chi connectivity index (χ4n) is 2.15. The smallest absolute Gasteiger partial charge is 0.301 e. The molecule has 3 N–H and O–H groups in total. The van der Waals surface area contributed by atoms with Gasteiger partial charge in [0.2, 0.25) is 5.88 Å². The fraction of sp³-hybridized carbons (Fsp3) is 0.118. The molecule has 0 aliphatic rings. The Morgan fingerprint density at radius 1 is 1.32 bits per heavy atom. The zero-order chi connectivity index (χ0) is 16.9. The van der Waals surface area contributed by atoms with Crippen molar-refractivity contribution in [1.82, 2.24) is 9.97 Å². The van der Waals surface area contributed by atoms with Gasteiger partial charge in [0.1, 0.15) is 12.0 Å². The Hall–Kier alpha value is -2.90. The molecule has 0 saturated carbocycles. The van der Waals surface area contributed by atoms with Gasteiger partial charge in [0.15, 0.2) is 0 Å². The summed E-state index contributed by atoms with van der Waals surface area (Å²) >= 11 is 0. The summed E-state index contributed by atoms with van der Waals surface area (Å²) in [7, 11) is 0. The van der Waals surface area contributed by atoms with Crippen molar-refractivity contribution in [3.63, 3.8) is 0 Å². The molecule has 0 aliphatic carbocycles. The average Bonchev–Trinajstić information content (AvgIpc) is 3.07. The van der Waals surface area contributed by atoms with Gasteiger partial charge in [0.25, 0.3) is 5.91 Å². The number of nitrogens with zero attached hydrogens (tertiary/aromatic N) is 2. The number of aromatic nitrogens is 2. The summed E-state index contributed by atoms with van der Waals surface area (Å²) in [4.78, 5) is 20.3. The number of carbonyl (C=O) groups is 1. The Labute approximate surface area is 150 Å². The van der Waals surface area contributed by atoms with Gasteiger partial charge in [-0.2, -0.15) is 0 Å². The van der Waals surface area contributed by atoms with Gasteiger partial charge in [-0.15, -0.1) is 12.4 Å². The van der Waals surface area contributed by atoms with Crippen LogP contribution in [0.15, 0.2) is 53.3 Å². The van der Waals surface area contributed by atoms with E-state index in [1.165, 1.54) is 12.5 Å². The van der Waals surface area contributed by atoms with Crippen LogP contribution in [-0.4, -0.2) is 15.9 Å². The summed E-state index contributed by atoms with van der Waals surface area (Å²) in [5, 5.41) is 2.55. The number of hydrogen-bond donors (Lipinski definition) is 2. The third-order valence-electron chi connectivity index (χ3n) is 3.20. The van der Waals surface area contributed by atoms with Crippen LogP contribution >= 0.6 is 12.4 Å². The molecule has 3 rings (SSSR count). The molecule has 3 aromatic rings. The Morgan fingerprint density at radius 2 is 2.16 bits per heavy atom. The SMILES string of the molecule is Cc1cc(CN)cc(Oc2cccc(C(=O)Nc3ncco3)c2)n1.Cl. The van der Waals surface area contributed by atoms with Crippen molar-refractivity contribution in [1.29, 1.82) is 0 Å². The standard InChI is InChI=1S/C17H16N4O3.ClH/c1-11-7-12(10-18)8-15(20-11)24-14-4-2-3-13(9-14)16(22)21-17-19-5-6-23-17;/h2-9H,10,18H2,1H3,(H,19,21,22);1H. The van der Waals surface area contributed by atoms with Crippen molar-refractivity contribution in [3.8, 4) is 11.6 Å². The van der Waals surface area contributed by atoms with Crippen molar-refractivity contribution in [2.75, 3.05) is 5.32 Å². The highest BCUT2D eigenvalue weighted by molar-refractivity contribution is 6.03. The van der Waals surface area contributed by atoms with Gasteiger partial charge in [0, 0.05) is 23.9 Å². The van der Waals surface area contributed by atoms with Crippen LogP contribution in [-0.2, 0) is 6.54 Å². The first-order valence-corrected chi connectivity index (χ1v) is 7.30. The molecule has 7 nitrogen and oxygen atoms in total. The van der Waals surface area contributed by atoms with Crippen molar-refractivity contribution in [2.24, 2.45) is 5.73 Å². The third kappa shape index (κ3) is 4.79. The number of aryl methyl sites for hydroxylation is 1. The van der Waals surface area contributed by atoms with Crippen LogP contribution < -0.4 is 15.8 Å². The number of nitrogens with two attached hydrogens (primary N) is 1. The van der Waals surface area contributed by atoms with Crippen LogP contribution in [0, 0.1) is 6.92 Å². The molecule has 0 bridgehead atoms. The third-order valence-corrected chi connectivity index (χ3v) is 3.20. The maximum atomic E-state index is 12.2. The summed E-state index contributed by atoms with van der Waals surface area (Å²) in [5.41, 5.74) is 7.81. The second-order valence-corrected chi connectivity index (χ2v) is 5.08. The van der Waals surface area contributed by atoms with Crippen molar-refractivity contribution in [2.45, 2.75) is 13.5 Å². The van der Waals surface area contributed by atoms with E-state index < -0.39 is 0 Å². The highest BCUT2D eigenvalue weighted by atomic mass is 35.5. The molecule has 0 fully saturated rings. The van der Waals surface area contributed by atoms with Gasteiger partial charge >= 0.3 is 6.01 Å². The van der Waals surface area contributed by atoms with E-state index in [9.17, 15) is 4.79 Å². The summed E-state index contributed by atoms with van der Waals surface area (Å²) in [5.74, 6) is 0.583. The number of benzene rings is 1. The van der Waals surface area contributed by atoms with E-state index in [1.54, 1.807) is 30.3 Å². The van der Waals surface area contributed by atoms with E-state index in [-0.39, 0.29) is 24.3 Å². The predicted octanol–water partition coefficient (Wildman–Crippen LogP) is 3.30. The molecule has 2 aromatic heterocycles. The zero-order valence-corrected chi connectivity index (χ0v) is 14.2. The maximum Gasteiger partial charge on any atom is 0.301 e. The lowest BCUT2D eigenvalue weighted by Gasteiger charge is -2.09. The predicted molar refractivity (Wildman–Crippen MR) is 95.1 cm³/mol. The molecule has 0 atom stereocenters. The molecule has 2 heterocycles. The average molecular weight is 361 g/mol. The number of pyridine rings is 1. The van der Waals surface area contributed by atoms with Gasteiger partial charge in [-0.3, -0.25) is 10.1 Å². The van der Waals surface area contributed by atoms with Gasteiger partial charge in [-0.1, -0.05) is 6.07 Å². The van der Waals surface area contributed by atoms with E-state index in [0.29, 0.717) is 23.7 Å². The van der Waals surface area contributed by atoms with Gasteiger partial charge in [-0.25, -0.2) is 9.97 Å². The molecule has 25 heavy (non-hydrogen) atoms. The normalized spacial score (nSPS) is 10.0. The summed E-state index contributed by atoms with van der Waals surface area (Å²) < 4.78 is 10.7. The van der Waals surface area contributed by atoms with Crippen LogP contribution in [0.1, 0.15) is 21.6 Å². The molecule has 0 unspecified atom stereocenters. The highest BCUT2D eigenvalue weighted by Gasteiger charge is 2.10. The first kappa shape index (κ1) is 18.4. The molecule has 0 saturated heterocycles. The molecule has 0 aliphatic heterocycles. The summed E-state index contributed by atoms with van der Waals surface area (Å²) in [6, 6.07) is 10.6. The largest absolute Gasteiger partial charge is 0.439 e. The number of anilines is 1. The van der Waals surface area contributed by atoms with Crippen LogP contribution in [0.3, 0.4) is 0 Å². The maximum absolute atomic E-state index is 12.2. The van der Waals surface area contributed by atoms with Crippen LogP contribution in [0.2, 0.25) is 0 Å². The number of hydrogen-bond acceptors (Lipinski definition) is 6. The Bertz CT molecular complexity index is 853. The monoisotopic (exact) mass is 360 g/mol. The summed E-state index contributed by atoms with van der Waals surface area (Å²) in [6.07, 6.45) is 2.83. The van der Waals surface area contributed by atoms with Gasteiger partial charge < -0.3 is 14.9 Å². The second kappa shape index (κ2) is 8.27. The molecular weight excluding hydrogens is 344 g/mol. The molecule has 8 heteroatoms. The lowest BCUT2D eigenvalue weighted by Crippen LogP contribution is -2.12. The molecular formula is C17H17ClN4O3. The number of rotatable bonds is 5. The molecule has 1 aromatic carbocycles. The van der Waals surface area contributed by atoms with E-state index in [0.717, 1.165) is 11.3 Å². The van der Waals surface area contributed by atoms with Crippen LogP contribution in [0.25, 0.3) is 0 Å². The topological polar surface area (TPSA) is 103 Å². The lowest BCUT2D eigenvalue weighted by atomic mass is 10.2. The minimum absolute atomic E-state index is 0. The number of ether oxygens (including phenoxy) is 1. The van der Waals surface area contributed by atoms with E-state index in [4.69, 9.17) is 14.9 Å².